The van der Waals surface area contributed by atoms with Crippen molar-refractivity contribution < 1.29 is 4.79 Å². The van der Waals surface area contributed by atoms with Gasteiger partial charge in [0, 0.05) is 25.5 Å². The number of amides is 1. The molecule has 0 fully saturated rings. The van der Waals surface area contributed by atoms with E-state index in [0.29, 0.717) is 18.2 Å². The molecule has 2 heterocycles. The van der Waals surface area contributed by atoms with Crippen LogP contribution >= 0.6 is 0 Å². The third-order valence-corrected chi connectivity index (χ3v) is 4.26. The second-order valence-electron chi connectivity index (χ2n) is 6.54. The van der Waals surface area contributed by atoms with Crippen LogP contribution in [-0.4, -0.2) is 40.2 Å². The van der Waals surface area contributed by atoms with Crippen molar-refractivity contribution in [3.8, 4) is 5.69 Å². The average molecular weight is 391 g/mol. The first-order chi connectivity index (χ1) is 14.1. The second kappa shape index (κ2) is 9.50. The van der Waals surface area contributed by atoms with Crippen molar-refractivity contribution >= 4 is 17.6 Å². The number of hydrogen-bond donors (Lipinski definition) is 3. The Bertz CT molecular complexity index is 995. The minimum Gasteiger partial charge on any atom is -0.352 e. The number of guanidine groups is 1. The molecule has 0 saturated carbocycles. The molecule has 0 aliphatic heterocycles. The van der Waals surface area contributed by atoms with Gasteiger partial charge in [0.15, 0.2) is 5.96 Å². The Balaban J connectivity index is 1.59. The molecule has 1 amide bonds. The Morgan fingerprint density at radius 3 is 2.66 bits per heavy atom. The van der Waals surface area contributed by atoms with Gasteiger partial charge in [0.05, 0.1) is 29.8 Å². The van der Waals surface area contributed by atoms with E-state index in [0.717, 1.165) is 22.6 Å². The van der Waals surface area contributed by atoms with Crippen LogP contribution in [0, 0.1) is 13.8 Å². The summed E-state index contributed by atoms with van der Waals surface area (Å²) in [5.74, 6) is 0.360. The fourth-order valence-corrected chi connectivity index (χ4v) is 2.95. The van der Waals surface area contributed by atoms with Crippen LogP contribution in [0.4, 0.5) is 5.69 Å². The van der Waals surface area contributed by atoms with Crippen molar-refractivity contribution in [2.24, 2.45) is 4.99 Å². The zero-order chi connectivity index (χ0) is 20.6. The minimum atomic E-state index is -0.177. The van der Waals surface area contributed by atoms with E-state index in [2.05, 4.69) is 31.0 Å². The Kier molecular flexibility index (Phi) is 6.57. The summed E-state index contributed by atoms with van der Waals surface area (Å²) in [5, 5.41) is 13.6. The van der Waals surface area contributed by atoms with E-state index in [9.17, 15) is 4.79 Å². The first-order valence-corrected chi connectivity index (χ1v) is 9.33. The van der Waals surface area contributed by atoms with E-state index in [1.807, 2.05) is 48.9 Å². The average Bonchev–Trinajstić information content (AvgIpc) is 3.07. The number of hydrogen-bond acceptors (Lipinski definition) is 4. The van der Waals surface area contributed by atoms with Gasteiger partial charge in [-0.2, -0.15) is 5.10 Å². The first kappa shape index (κ1) is 20.1. The highest BCUT2D eigenvalue weighted by atomic mass is 16.1. The quantitative estimate of drug-likeness (QED) is 0.442. The lowest BCUT2D eigenvalue weighted by atomic mass is 10.1. The van der Waals surface area contributed by atoms with Crippen LogP contribution in [0.1, 0.15) is 17.0 Å². The predicted molar refractivity (Wildman–Crippen MR) is 114 cm³/mol. The van der Waals surface area contributed by atoms with Gasteiger partial charge >= 0.3 is 0 Å². The summed E-state index contributed by atoms with van der Waals surface area (Å²) < 4.78 is 1.93. The number of rotatable bonds is 6. The summed E-state index contributed by atoms with van der Waals surface area (Å²) in [6.07, 6.45) is 3.25. The third-order valence-electron chi connectivity index (χ3n) is 4.26. The van der Waals surface area contributed by atoms with Crippen LogP contribution in [0.2, 0.25) is 0 Å². The number of nitrogens with zero attached hydrogens (tertiary/aromatic N) is 4. The van der Waals surface area contributed by atoms with Crippen LogP contribution in [0.15, 0.2) is 59.9 Å². The number of para-hydroxylation sites is 1. The van der Waals surface area contributed by atoms with E-state index in [-0.39, 0.29) is 12.5 Å². The fraction of sp³-hybridized carbons (Fsp3) is 0.238. The molecule has 0 saturated heterocycles. The predicted octanol–water partition coefficient (Wildman–Crippen LogP) is 2.19. The lowest BCUT2D eigenvalue weighted by Gasteiger charge is -2.15. The summed E-state index contributed by atoms with van der Waals surface area (Å²) in [6, 6.07) is 13.7. The van der Waals surface area contributed by atoms with Crippen molar-refractivity contribution in [1.29, 1.82) is 0 Å². The first-order valence-electron chi connectivity index (χ1n) is 9.33. The molecule has 150 valence electrons. The van der Waals surface area contributed by atoms with Gasteiger partial charge in [-0.3, -0.25) is 14.8 Å². The standard InChI is InChI=1S/C21H25N7O/c1-15-11-16(2)28(27-15)19-9-5-4-7-17(19)12-24-21(22-3)25-14-20(29)26-18-8-6-10-23-13-18/h4-11,13H,12,14H2,1-3H3,(H,26,29)(H2,22,24,25). The highest BCUT2D eigenvalue weighted by molar-refractivity contribution is 5.94. The maximum atomic E-state index is 12.1. The molecule has 8 nitrogen and oxygen atoms in total. The lowest BCUT2D eigenvalue weighted by molar-refractivity contribution is -0.115. The van der Waals surface area contributed by atoms with Gasteiger partial charge in [0.1, 0.15) is 0 Å². The Morgan fingerprint density at radius 2 is 1.97 bits per heavy atom. The van der Waals surface area contributed by atoms with Gasteiger partial charge < -0.3 is 16.0 Å². The smallest absolute Gasteiger partial charge is 0.243 e. The number of carbonyl (C=O) groups is 1. The summed E-state index contributed by atoms with van der Waals surface area (Å²) in [5.41, 5.74) is 4.78. The molecule has 2 aromatic heterocycles. The van der Waals surface area contributed by atoms with Crippen LogP contribution < -0.4 is 16.0 Å². The summed E-state index contributed by atoms with van der Waals surface area (Å²) in [6.45, 7) is 4.64. The number of benzene rings is 1. The second-order valence-corrected chi connectivity index (χ2v) is 6.54. The summed E-state index contributed by atoms with van der Waals surface area (Å²) >= 11 is 0. The molecule has 0 spiro atoms. The molecule has 3 rings (SSSR count). The molecule has 29 heavy (non-hydrogen) atoms. The molecule has 0 aliphatic carbocycles. The molecule has 0 radical (unpaired) electrons. The normalized spacial score (nSPS) is 11.2. The maximum Gasteiger partial charge on any atom is 0.243 e. The Morgan fingerprint density at radius 1 is 1.14 bits per heavy atom. The topological polar surface area (TPSA) is 96.2 Å². The van der Waals surface area contributed by atoms with Crippen LogP contribution in [-0.2, 0) is 11.3 Å². The summed E-state index contributed by atoms with van der Waals surface area (Å²) in [4.78, 5) is 20.3. The van der Waals surface area contributed by atoms with E-state index in [1.165, 1.54) is 0 Å². The number of carbonyl (C=O) groups excluding carboxylic acids is 1. The molecule has 3 aromatic rings. The van der Waals surface area contributed by atoms with Crippen molar-refractivity contribution in [1.82, 2.24) is 25.4 Å². The molecule has 0 bridgehead atoms. The zero-order valence-electron chi connectivity index (χ0n) is 16.8. The number of nitrogens with one attached hydrogen (secondary N) is 3. The van der Waals surface area contributed by atoms with Crippen LogP contribution in [0.3, 0.4) is 0 Å². The fourth-order valence-electron chi connectivity index (χ4n) is 2.95. The molecule has 0 atom stereocenters. The SMILES string of the molecule is CN=C(NCC(=O)Nc1cccnc1)NCc1ccccc1-n1nc(C)cc1C. The number of aromatic nitrogens is 3. The molecule has 0 unspecified atom stereocenters. The highest BCUT2D eigenvalue weighted by Crippen LogP contribution is 2.16. The molecule has 1 aromatic carbocycles. The number of anilines is 1. The van der Waals surface area contributed by atoms with E-state index < -0.39 is 0 Å². The molecular weight excluding hydrogens is 366 g/mol. The van der Waals surface area contributed by atoms with E-state index in [1.54, 1.807) is 31.6 Å². The zero-order valence-corrected chi connectivity index (χ0v) is 16.8. The summed E-state index contributed by atoms with van der Waals surface area (Å²) in [7, 11) is 1.67. The van der Waals surface area contributed by atoms with E-state index in [4.69, 9.17) is 0 Å². The lowest BCUT2D eigenvalue weighted by Crippen LogP contribution is -2.41. The van der Waals surface area contributed by atoms with E-state index >= 15 is 0 Å². The molecule has 3 N–H and O–H groups in total. The van der Waals surface area contributed by atoms with Crippen LogP contribution in [0.5, 0.6) is 0 Å². The molecular formula is C21H25N7O. The monoisotopic (exact) mass is 391 g/mol. The highest BCUT2D eigenvalue weighted by Gasteiger charge is 2.10. The van der Waals surface area contributed by atoms with Crippen molar-refractivity contribution in [2.75, 3.05) is 18.9 Å². The largest absolute Gasteiger partial charge is 0.352 e. The van der Waals surface area contributed by atoms with Gasteiger partial charge in [0.2, 0.25) is 5.91 Å². The van der Waals surface area contributed by atoms with Crippen molar-refractivity contribution in [2.45, 2.75) is 20.4 Å². The molecule has 8 heteroatoms. The van der Waals surface area contributed by atoms with Gasteiger partial charge in [0.25, 0.3) is 0 Å². The number of pyridine rings is 1. The van der Waals surface area contributed by atoms with Gasteiger partial charge in [-0.05, 0) is 43.7 Å². The van der Waals surface area contributed by atoms with Crippen molar-refractivity contribution in [3.05, 3.63) is 71.8 Å². The number of aryl methyl sites for hydroxylation is 2. The maximum absolute atomic E-state index is 12.1. The molecule has 0 aliphatic rings. The van der Waals surface area contributed by atoms with Crippen molar-refractivity contribution in [3.63, 3.8) is 0 Å². The Hall–Kier alpha value is -3.68. The number of aliphatic imine (C=N–C) groups is 1. The third kappa shape index (κ3) is 5.41. The van der Waals surface area contributed by atoms with Crippen LogP contribution in [0.25, 0.3) is 5.69 Å². The van der Waals surface area contributed by atoms with Gasteiger partial charge in [-0.1, -0.05) is 18.2 Å². The Labute approximate surface area is 170 Å². The minimum absolute atomic E-state index is 0.0909. The van der Waals surface area contributed by atoms with Gasteiger partial charge in [-0.25, -0.2) is 4.68 Å². The van der Waals surface area contributed by atoms with Gasteiger partial charge in [-0.15, -0.1) is 0 Å².